The fourth-order valence-corrected chi connectivity index (χ4v) is 3.85. The van der Waals surface area contributed by atoms with E-state index >= 15 is 0 Å². The van der Waals surface area contributed by atoms with E-state index in [2.05, 4.69) is 53.3 Å². The molecule has 3 heteroatoms. The molecule has 0 aliphatic heterocycles. The lowest BCUT2D eigenvalue weighted by Gasteiger charge is -2.25. The van der Waals surface area contributed by atoms with Crippen LogP contribution >= 0.6 is 15.9 Å². The molecule has 0 saturated heterocycles. The van der Waals surface area contributed by atoms with Gasteiger partial charge in [-0.3, -0.25) is 0 Å². The number of nitrogens with one attached hydrogen (secondary N) is 1. The Morgan fingerprint density at radius 2 is 2.26 bits per heavy atom. The summed E-state index contributed by atoms with van der Waals surface area (Å²) < 4.78 is 6.34. The van der Waals surface area contributed by atoms with Crippen LogP contribution in [0.5, 0.6) is 5.75 Å². The Kier molecular flexibility index (Phi) is 4.91. The van der Waals surface area contributed by atoms with Gasteiger partial charge in [0.2, 0.25) is 0 Å². The Bertz CT molecular complexity index is 435. The van der Waals surface area contributed by atoms with Gasteiger partial charge in [0, 0.05) is 6.04 Å². The first kappa shape index (κ1) is 14.9. The summed E-state index contributed by atoms with van der Waals surface area (Å²) in [5.41, 5.74) is 1.83. The number of benzene rings is 1. The number of hydrogen-bond donors (Lipinski definition) is 1. The van der Waals surface area contributed by atoms with Crippen LogP contribution in [0.15, 0.2) is 22.7 Å². The molecule has 1 aliphatic rings. The van der Waals surface area contributed by atoms with E-state index in [0.717, 1.165) is 23.2 Å². The molecule has 2 rings (SSSR count). The molecule has 0 heterocycles. The molecular weight excluding hydrogens is 302 g/mol. The summed E-state index contributed by atoms with van der Waals surface area (Å²) in [4.78, 5) is 0. The summed E-state index contributed by atoms with van der Waals surface area (Å²) in [5, 5.41) is 3.59. The van der Waals surface area contributed by atoms with Crippen molar-refractivity contribution >= 4 is 15.9 Å². The zero-order valence-corrected chi connectivity index (χ0v) is 13.7. The second-order valence-corrected chi connectivity index (χ2v) is 6.81. The van der Waals surface area contributed by atoms with Gasteiger partial charge in [-0.05, 0) is 71.3 Å². The van der Waals surface area contributed by atoms with Crippen molar-refractivity contribution in [2.45, 2.75) is 45.6 Å². The minimum Gasteiger partial charge on any atom is -0.496 e. The van der Waals surface area contributed by atoms with Gasteiger partial charge in [0.15, 0.2) is 0 Å². The predicted molar refractivity (Wildman–Crippen MR) is 83.8 cm³/mol. The van der Waals surface area contributed by atoms with Crippen molar-refractivity contribution in [3.63, 3.8) is 0 Å². The highest BCUT2D eigenvalue weighted by Gasteiger charge is 2.34. The molecule has 2 unspecified atom stereocenters. The summed E-state index contributed by atoms with van der Waals surface area (Å²) in [6.07, 6.45) is 5.05. The highest BCUT2D eigenvalue weighted by atomic mass is 79.9. The molecule has 0 aromatic heterocycles. The number of methoxy groups -OCH3 is 1. The van der Waals surface area contributed by atoms with Crippen molar-refractivity contribution in [2.24, 2.45) is 5.41 Å². The average molecular weight is 326 g/mol. The van der Waals surface area contributed by atoms with Crippen LogP contribution in [0.4, 0.5) is 0 Å². The highest BCUT2D eigenvalue weighted by molar-refractivity contribution is 9.10. The third-order valence-corrected chi connectivity index (χ3v) is 4.80. The maximum absolute atomic E-state index is 5.29. The summed E-state index contributed by atoms with van der Waals surface area (Å²) in [6, 6.07) is 7.15. The minimum atomic E-state index is 0.431. The summed E-state index contributed by atoms with van der Waals surface area (Å²) in [5.74, 6) is 0.908. The molecule has 1 N–H and O–H groups in total. The predicted octanol–water partition coefficient (Wildman–Crippen LogP) is 4.17. The van der Waals surface area contributed by atoms with Crippen LogP contribution in [-0.2, 0) is 6.42 Å². The first-order valence-electron chi connectivity index (χ1n) is 7.12. The molecule has 1 aromatic rings. The normalized spacial score (nSPS) is 26.6. The minimum absolute atomic E-state index is 0.431. The van der Waals surface area contributed by atoms with Gasteiger partial charge >= 0.3 is 0 Å². The number of ether oxygens (including phenoxy) is 1. The van der Waals surface area contributed by atoms with Crippen LogP contribution in [-0.4, -0.2) is 19.7 Å². The van der Waals surface area contributed by atoms with E-state index in [1.165, 1.54) is 24.8 Å². The van der Waals surface area contributed by atoms with E-state index in [1.54, 1.807) is 7.11 Å². The topological polar surface area (TPSA) is 21.3 Å². The van der Waals surface area contributed by atoms with Crippen LogP contribution in [0.1, 0.15) is 38.7 Å². The molecule has 1 saturated carbocycles. The molecule has 1 aromatic carbocycles. The summed E-state index contributed by atoms with van der Waals surface area (Å²) >= 11 is 3.57. The lowest BCUT2D eigenvalue weighted by atomic mass is 9.82. The van der Waals surface area contributed by atoms with Gasteiger partial charge < -0.3 is 10.1 Å². The number of hydrogen-bond acceptors (Lipinski definition) is 2. The number of rotatable bonds is 5. The Balaban J connectivity index is 2.03. The Morgan fingerprint density at radius 3 is 2.89 bits per heavy atom. The monoisotopic (exact) mass is 325 g/mol. The van der Waals surface area contributed by atoms with Crippen molar-refractivity contribution < 1.29 is 4.74 Å². The lowest BCUT2D eigenvalue weighted by Crippen LogP contribution is -2.28. The standard InChI is InChI=1S/C16H24BrNO/c1-4-18-13-7-8-16(2,11-13)10-12-5-6-15(19-3)14(17)9-12/h5-6,9,13,18H,4,7-8,10-11H2,1-3H3. The zero-order chi connectivity index (χ0) is 13.9. The third-order valence-electron chi connectivity index (χ3n) is 4.18. The highest BCUT2D eigenvalue weighted by Crippen LogP contribution is 2.41. The second kappa shape index (κ2) is 6.27. The molecule has 0 bridgehead atoms. The zero-order valence-electron chi connectivity index (χ0n) is 12.1. The number of halogens is 1. The fourth-order valence-electron chi connectivity index (χ4n) is 3.26. The maximum atomic E-state index is 5.29. The van der Waals surface area contributed by atoms with Gasteiger partial charge in [0.25, 0.3) is 0 Å². The van der Waals surface area contributed by atoms with E-state index in [9.17, 15) is 0 Å². The Labute approximate surface area is 125 Å². The van der Waals surface area contributed by atoms with Crippen molar-refractivity contribution in [1.82, 2.24) is 5.32 Å². The van der Waals surface area contributed by atoms with Gasteiger partial charge in [-0.15, -0.1) is 0 Å². The van der Waals surface area contributed by atoms with Gasteiger partial charge in [-0.1, -0.05) is 19.9 Å². The molecule has 0 radical (unpaired) electrons. The molecule has 106 valence electrons. The average Bonchev–Trinajstić information content (AvgIpc) is 2.71. The molecule has 2 nitrogen and oxygen atoms in total. The molecule has 0 amide bonds. The van der Waals surface area contributed by atoms with Crippen molar-refractivity contribution in [1.29, 1.82) is 0 Å². The summed E-state index contributed by atoms with van der Waals surface area (Å²) in [7, 11) is 1.71. The van der Waals surface area contributed by atoms with Crippen molar-refractivity contribution in [2.75, 3.05) is 13.7 Å². The maximum Gasteiger partial charge on any atom is 0.133 e. The first-order valence-corrected chi connectivity index (χ1v) is 7.91. The van der Waals surface area contributed by atoms with Crippen LogP contribution in [0.2, 0.25) is 0 Å². The Hall–Kier alpha value is -0.540. The van der Waals surface area contributed by atoms with Gasteiger partial charge in [-0.25, -0.2) is 0 Å². The van der Waals surface area contributed by atoms with E-state index in [-0.39, 0.29) is 0 Å². The second-order valence-electron chi connectivity index (χ2n) is 5.95. The van der Waals surface area contributed by atoms with Crippen LogP contribution in [0.25, 0.3) is 0 Å². The smallest absolute Gasteiger partial charge is 0.133 e. The fraction of sp³-hybridized carbons (Fsp3) is 0.625. The molecule has 1 fully saturated rings. The van der Waals surface area contributed by atoms with Gasteiger partial charge in [-0.2, -0.15) is 0 Å². The summed E-state index contributed by atoms with van der Waals surface area (Å²) in [6.45, 7) is 5.69. The van der Waals surface area contributed by atoms with Crippen molar-refractivity contribution in [3.05, 3.63) is 28.2 Å². The molecule has 19 heavy (non-hydrogen) atoms. The molecule has 0 spiro atoms. The van der Waals surface area contributed by atoms with E-state index in [0.29, 0.717) is 11.5 Å². The van der Waals surface area contributed by atoms with Crippen LogP contribution in [0.3, 0.4) is 0 Å². The Morgan fingerprint density at radius 1 is 1.47 bits per heavy atom. The SMILES string of the molecule is CCNC1CCC(C)(Cc2ccc(OC)c(Br)c2)C1. The van der Waals surface area contributed by atoms with Crippen LogP contribution in [0, 0.1) is 5.41 Å². The molecular formula is C16H24BrNO. The van der Waals surface area contributed by atoms with Gasteiger partial charge in [0.05, 0.1) is 11.6 Å². The quantitative estimate of drug-likeness (QED) is 0.877. The largest absolute Gasteiger partial charge is 0.496 e. The van der Waals surface area contributed by atoms with E-state index < -0.39 is 0 Å². The lowest BCUT2D eigenvalue weighted by molar-refractivity contribution is 0.322. The van der Waals surface area contributed by atoms with E-state index in [1.807, 2.05) is 0 Å². The van der Waals surface area contributed by atoms with E-state index in [4.69, 9.17) is 4.74 Å². The third kappa shape index (κ3) is 3.73. The van der Waals surface area contributed by atoms with Crippen molar-refractivity contribution in [3.8, 4) is 5.75 Å². The first-order chi connectivity index (χ1) is 9.06. The van der Waals surface area contributed by atoms with Gasteiger partial charge in [0.1, 0.15) is 5.75 Å². The van der Waals surface area contributed by atoms with Crippen LogP contribution < -0.4 is 10.1 Å². The molecule has 1 aliphatic carbocycles. The molecule has 2 atom stereocenters.